The molecule has 1 heteroatoms. The summed E-state index contributed by atoms with van der Waals surface area (Å²) in [6.45, 7) is 9.28. The fourth-order valence-corrected chi connectivity index (χ4v) is 3.38. The summed E-state index contributed by atoms with van der Waals surface area (Å²) in [6, 6.07) is 0. The van der Waals surface area contributed by atoms with Crippen LogP contribution in [0.4, 0.5) is 0 Å². The van der Waals surface area contributed by atoms with Gasteiger partial charge in [0.25, 0.3) is 0 Å². The van der Waals surface area contributed by atoms with Crippen LogP contribution < -0.4 is 0 Å². The molecule has 0 rings (SSSR count). The number of hydrogen-bond acceptors (Lipinski definition) is 0. The van der Waals surface area contributed by atoms with Crippen LogP contribution in [0.1, 0.15) is 91.9 Å². The maximum atomic E-state index is 4.00. The highest BCUT2D eigenvalue weighted by Gasteiger charge is 2.30. The highest BCUT2D eigenvalue weighted by Crippen LogP contribution is 2.39. The van der Waals surface area contributed by atoms with E-state index in [9.17, 15) is 0 Å². The first-order valence-corrected chi connectivity index (χ1v) is 8.62. The van der Waals surface area contributed by atoms with Crippen molar-refractivity contribution in [1.29, 1.82) is 0 Å². The van der Waals surface area contributed by atoms with E-state index < -0.39 is 0 Å². The van der Waals surface area contributed by atoms with Crippen molar-refractivity contribution in [2.75, 3.05) is 0 Å². The molecule has 0 heterocycles. The molecule has 0 aliphatic heterocycles. The molecule has 0 aliphatic rings. The van der Waals surface area contributed by atoms with Crippen LogP contribution in [-0.2, 0) is 0 Å². The second-order valence-corrected chi connectivity index (χ2v) is 6.98. The van der Waals surface area contributed by atoms with Gasteiger partial charge in [-0.25, -0.2) is 0 Å². The Morgan fingerprint density at radius 3 is 1.82 bits per heavy atom. The minimum Gasteiger partial charge on any atom is -0.0851 e. The highest BCUT2D eigenvalue weighted by atomic mass is 79.9. The van der Waals surface area contributed by atoms with Gasteiger partial charge in [-0.2, -0.15) is 0 Å². The average molecular weight is 305 g/mol. The first-order valence-electron chi connectivity index (χ1n) is 7.83. The summed E-state index contributed by atoms with van der Waals surface area (Å²) in [6.07, 6.45) is 13.8. The maximum Gasteiger partial charge on any atom is 0.0280 e. The first kappa shape index (κ1) is 17.5. The molecule has 0 aromatic carbocycles. The Balaban J connectivity index is 3.82. The van der Waals surface area contributed by atoms with E-state index in [1.807, 2.05) is 0 Å². The Bertz CT molecular complexity index is 161. The molecule has 0 spiro atoms. The Kier molecular flexibility index (Phi) is 10.7. The fraction of sp³-hybridized carbons (Fsp3) is 1.00. The molecule has 0 saturated carbocycles. The molecule has 0 amide bonds. The van der Waals surface area contributed by atoms with E-state index in [1.54, 1.807) is 0 Å². The third kappa shape index (κ3) is 6.84. The van der Waals surface area contributed by atoms with E-state index in [-0.39, 0.29) is 0 Å². The molecule has 0 saturated heterocycles. The molecule has 0 aromatic rings. The molecule has 0 N–H and O–H groups in total. The topological polar surface area (TPSA) is 0 Å². The van der Waals surface area contributed by atoms with Crippen LogP contribution in [0.2, 0.25) is 0 Å². The van der Waals surface area contributed by atoms with Gasteiger partial charge < -0.3 is 0 Å². The molecular weight excluding hydrogens is 272 g/mol. The lowest BCUT2D eigenvalue weighted by molar-refractivity contribution is 0.321. The van der Waals surface area contributed by atoms with Crippen molar-refractivity contribution in [3.63, 3.8) is 0 Å². The maximum absolute atomic E-state index is 4.00. The molecule has 0 aliphatic carbocycles. The Morgan fingerprint density at radius 1 is 0.824 bits per heavy atom. The lowest BCUT2D eigenvalue weighted by Gasteiger charge is -2.34. The standard InChI is InChI=1S/C16H33Br/c1-5-9-10-11-12-13-14-15(6-2)16(17,7-3)8-4/h15H,5-14H2,1-4H3. The number of rotatable bonds is 11. The van der Waals surface area contributed by atoms with Crippen molar-refractivity contribution in [3.05, 3.63) is 0 Å². The van der Waals surface area contributed by atoms with Crippen LogP contribution in [-0.4, -0.2) is 4.32 Å². The third-order valence-corrected chi connectivity index (χ3v) is 6.08. The van der Waals surface area contributed by atoms with Gasteiger partial charge in [0.15, 0.2) is 0 Å². The van der Waals surface area contributed by atoms with Crippen LogP contribution >= 0.6 is 15.9 Å². The molecule has 104 valence electrons. The normalized spacial score (nSPS) is 13.9. The molecule has 17 heavy (non-hydrogen) atoms. The number of hydrogen-bond donors (Lipinski definition) is 0. The van der Waals surface area contributed by atoms with Gasteiger partial charge in [0, 0.05) is 4.32 Å². The fourth-order valence-electron chi connectivity index (χ4n) is 2.83. The molecule has 1 unspecified atom stereocenters. The summed E-state index contributed by atoms with van der Waals surface area (Å²) < 4.78 is 0.408. The van der Waals surface area contributed by atoms with Gasteiger partial charge in [-0.15, -0.1) is 0 Å². The van der Waals surface area contributed by atoms with Crippen molar-refractivity contribution < 1.29 is 0 Å². The van der Waals surface area contributed by atoms with Crippen LogP contribution in [0.15, 0.2) is 0 Å². The van der Waals surface area contributed by atoms with Crippen molar-refractivity contribution >= 4 is 15.9 Å². The number of unbranched alkanes of at least 4 members (excludes halogenated alkanes) is 5. The highest BCUT2D eigenvalue weighted by molar-refractivity contribution is 9.10. The second kappa shape index (κ2) is 10.4. The summed E-state index contributed by atoms with van der Waals surface area (Å²) >= 11 is 4.00. The van der Waals surface area contributed by atoms with E-state index in [2.05, 4.69) is 43.6 Å². The molecule has 0 fully saturated rings. The molecule has 0 bridgehead atoms. The van der Waals surface area contributed by atoms with Crippen LogP contribution in [0.3, 0.4) is 0 Å². The zero-order valence-corrected chi connectivity index (χ0v) is 14.1. The zero-order chi connectivity index (χ0) is 13.1. The quantitative estimate of drug-likeness (QED) is 0.294. The summed E-state index contributed by atoms with van der Waals surface area (Å²) in [4.78, 5) is 0. The summed E-state index contributed by atoms with van der Waals surface area (Å²) in [5, 5.41) is 0. The minimum atomic E-state index is 0.408. The van der Waals surface area contributed by atoms with E-state index in [0.29, 0.717) is 4.32 Å². The van der Waals surface area contributed by atoms with Crippen LogP contribution in [0, 0.1) is 5.92 Å². The lowest BCUT2D eigenvalue weighted by atomic mass is 9.82. The van der Waals surface area contributed by atoms with Crippen molar-refractivity contribution in [2.24, 2.45) is 5.92 Å². The lowest BCUT2D eigenvalue weighted by Crippen LogP contribution is -2.29. The largest absolute Gasteiger partial charge is 0.0851 e. The SMILES string of the molecule is CCCCCCCCC(CC)C(Br)(CC)CC. The molecule has 1 atom stereocenters. The predicted octanol–water partition coefficient (Wildman–Crippen LogP) is 6.72. The van der Waals surface area contributed by atoms with Crippen LogP contribution in [0.25, 0.3) is 0 Å². The second-order valence-electron chi connectivity index (χ2n) is 5.40. The summed E-state index contributed by atoms with van der Waals surface area (Å²) in [7, 11) is 0. The van der Waals surface area contributed by atoms with Gasteiger partial charge >= 0.3 is 0 Å². The Morgan fingerprint density at radius 2 is 1.35 bits per heavy atom. The molecular formula is C16H33Br. The van der Waals surface area contributed by atoms with Gasteiger partial charge in [0.05, 0.1) is 0 Å². The monoisotopic (exact) mass is 304 g/mol. The zero-order valence-electron chi connectivity index (χ0n) is 12.5. The Hall–Kier alpha value is 0.480. The molecule has 0 nitrogen and oxygen atoms in total. The van der Waals surface area contributed by atoms with E-state index in [4.69, 9.17) is 0 Å². The number of halogens is 1. The van der Waals surface area contributed by atoms with Gasteiger partial charge in [0.2, 0.25) is 0 Å². The van der Waals surface area contributed by atoms with Crippen molar-refractivity contribution in [3.8, 4) is 0 Å². The van der Waals surface area contributed by atoms with E-state index in [0.717, 1.165) is 5.92 Å². The predicted molar refractivity (Wildman–Crippen MR) is 84.0 cm³/mol. The Labute approximate surface area is 118 Å². The minimum absolute atomic E-state index is 0.408. The van der Waals surface area contributed by atoms with E-state index >= 15 is 0 Å². The van der Waals surface area contributed by atoms with Crippen molar-refractivity contribution in [2.45, 2.75) is 96.2 Å². The average Bonchev–Trinajstić information content (AvgIpc) is 2.37. The first-order chi connectivity index (χ1) is 8.14. The van der Waals surface area contributed by atoms with E-state index in [1.165, 1.54) is 64.2 Å². The van der Waals surface area contributed by atoms with Crippen molar-refractivity contribution in [1.82, 2.24) is 0 Å². The van der Waals surface area contributed by atoms with Gasteiger partial charge in [-0.05, 0) is 25.2 Å². The summed E-state index contributed by atoms with van der Waals surface area (Å²) in [5.74, 6) is 0.865. The smallest absolute Gasteiger partial charge is 0.0280 e. The van der Waals surface area contributed by atoms with Gasteiger partial charge in [-0.3, -0.25) is 0 Å². The summed E-state index contributed by atoms with van der Waals surface area (Å²) in [5.41, 5.74) is 0. The van der Waals surface area contributed by atoms with Gasteiger partial charge in [-0.1, -0.05) is 88.6 Å². The molecule has 0 radical (unpaired) electrons. The molecule has 0 aromatic heterocycles. The third-order valence-electron chi connectivity index (χ3n) is 4.31. The van der Waals surface area contributed by atoms with Crippen LogP contribution in [0.5, 0.6) is 0 Å². The van der Waals surface area contributed by atoms with Gasteiger partial charge in [0.1, 0.15) is 0 Å². The number of alkyl halides is 1.